The summed E-state index contributed by atoms with van der Waals surface area (Å²) in [5, 5.41) is 16.7. The molecule has 162 valence electrons. The van der Waals surface area contributed by atoms with Crippen molar-refractivity contribution in [3.8, 4) is 11.5 Å². The Hall–Kier alpha value is -4.03. The zero-order valence-corrected chi connectivity index (χ0v) is 15.1. The number of anilines is 1. The molecule has 0 atom stereocenters. The molecule has 1 amide bonds. The van der Waals surface area contributed by atoms with Crippen molar-refractivity contribution in [2.24, 2.45) is 0 Å². The van der Waals surface area contributed by atoms with Crippen molar-refractivity contribution in [3.05, 3.63) is 76.1 Å². The SMILES string of the molecule is O=C(Nc1cc(Oc2cccc(C(F)(F)F)c2)cc([N+](=O)[O-])c1)c1ccnn1C(F)F. The summed E-state index contributed by atoms with van der Waals surface area (Å²) in [7, 11) is 0. The van der Waals surface area contributed by atoms with Crippen molar-refractivity contribution in [1.82, 2.24) is 9.78 Å². The molecule has 3 aromatic rings. The minimum atomic E-state index is -4.63. The molecule has 0 radical (unpaired) electrons. The Morgan fingerprint density at radius 1 is 1.13 bits per heavy atom. The average molecular weight is 442 g/mol. The molecule has 13 heteroatoms. The number of ether oxygens (including phenoxy) is 1. The van der Waals surface area contributed by atoms with Crippen LogP contribution in [0, 0.1) is 10.1 Å². The number of amides is 1. The van der Waals surface area contributed by atoms with Crippen LogP contribution in [-0.4, -0.2) is 20.6 Å². The molecule has 3 rings (SSSR count). The fourth-order valence-corrected chi connectivity index (χ4v) is 2.54. The number of nitro benzene ring substituents is 1. The highest BCUT2D eigenvalue weighted by atomic mass is 19.4. The molecule has 0 aliphatic heterocycles. The molecular weight excluding hydrogens is 431 g/mol. The van der Waals surface area contributed by atoms with Crippen LogP contribution in [0.2, 0.25) is 0 Å². The first-order chi connectivity index (χ1) is 14.5. The van der Waals surface area contributed by atoms with Crippen LogP contribution in [0.15, 0.2) is 54.7 Å². The molecule has 0 bridgehead atoms. The largest absolute Gasteiger partial charge is 0.457 e. The highest BCUT2D eigenvalue weighted by Gasteiger charge is 2.30. The molecule has 1 aromatic heterocycles. The maximum atomic E-state index is 12.9. The first-order valence-corrected chi connectivity index (χ1v) is 8.32. The van der Waals surface area contributed by atoms with E-state index >= 15 is 0 Å². The second-order valence-electron chi connectivity index (χ2n) is 5.99. The summed E-state index contributed by atoms with van der Waals surface area (Å²) in [5.41, 5.74) is -2.27. The minimum Gasteiger partial charge on any atom is -0.457 e. The maximum Gasteiger partial charge on any atom is 0.416 e. The summed E-state index contributed by atoms with van der Waals surface area (Å²) in [6.45, 7) is -3.10. The fraction of sp³-hybridized carbons (Fsp3) is 0.111. The lowest BCUT2D eigenvalue weighted by atomic mass is 10.2. The van der Waals surface area contributed by atoms with Gasteiger partial charge in [0.25, 0.3) is 11.6 Å². The van der Waals surface area contributed by atoms with E-state index in [0.29, 0.717) is 6.07 Å². The third-order valence-corrected chi connectivity index (χ3v) is 3.84. The van der Waals surface area contributed by atoms with Crippen molar-refractivity contribution < 1.29 is 36.4 Å². The molecule has 1 heterocycles. The Labute approximate surface area is 170 Å². The number of carbonyl (C=O) groups is 1. The second kappa shape index (κ2) is 8.38. The summed E-state index contributed by atoms with van der Waals surface area (Å²) >= 11 is 0. The first-order valence-electron chi connectivity index (χ1n) is 8.32. The van der Waals surface area contributed by atoms with E-state index in [1.807, 2.05) is 0 Å². The van der Waals surface area contributed by atoms with Gasteiger partial charge >= 0.3 is 12.7 Å². The molecule has 0 spiro atoms. The van der Waals surface area contributed by atoms with Crippen LogP contribution in [0.25, 0.3) is 0 Å². The summed E-state index contributed by atoms with van der Waals surface area (Å²) in [4.78, 5) is 22.6. The van der Waals surface area contributed by atoms with E-state index < -0.39 is 40.5 Å². The molecular formula is C18H11F5N4O4. The average Bonchev–Trinajstić information content (AvgIpc) is 3.18. The molecule has 0 aliphatic rings. The number of halogens is 5. The van der Waals surface area contributed by atoms with E-state index in [-0.39, 0.29) is 21.9 Å². The molecule has 0 unspecified atom stereocenters. The lowest BCUT2D eigenvalue weighted by Gasteiger charge is -2.12. The number of carbonyl (C=O) groups excluding carboxylic acids is 1. The zero-order chi connectivity index (χ0) is 22.8. The number of non-ortho nitro benzene ring substituents is 1. The van der Waals surface area contributed by atoms with E-state index in [9.17, 15) is 36.9 Å². The van der Waals surface area contributed by atoms with Gasteiger partial charge in [-0.2, -0.15) is 31.7 Å². The molecule has 0 saturated heterocycles. The molecule has 31 heavy (non-hydrogen) atoms. The van der Waals surface area contributed by atoms with Gasteiger partial charge in [-0.15, -0.1) is 0 Å². The van der Waals surface area contributed by atoms with Crippen LogP contribution in [0.5, 0.6) is 11.5 Å². The number of nitro groups is 1. The van der Waals surface area contributed by atoms with E-state index in [4.69, 9.17) is 4.74 Å². The third-order valence-electron chi connectivity index (χ3n) is 3.84. The van der Waals surface area contributed by atoms with Crippen LogP contribution in [0.1, 0.15) is 22.6 Å². The monoisotopic (exact) mass is 442 g/mol. The van der Waals surface area contributed by atoms with Crippen LogP contribution in [-0.2, 0) is 6.18 Å². The summed E-state index contributed by atoms with van der Waals surface area (Å²) in [5.74, 6) is -1.56. The molecule has 8 nitrogen and oxygen atoms in total. The van der Waals surface area contributed by atoms with E-state index in [1.165, 1.54) is 6.07 Å². The van der Waals surface area contributed by atoms with Gasteiger partial charge in [0.1, 0.15) is 17.2 Å². The lowest BCUT2D eigenvalue weighted by Crippen LogP contribution is -2.18. The summed E-state index contributed by atoms with van der Waals surface area (Å²) in [6, 6.07) is 7.76. The normalized spacial score (nSPS) is 11.4. The number of hydrogen-bond acceptors (Lipinski definition) is 5. The third kappa shape index (κ3) is 5.12. The number of nitrogens with one attached hydrogen (secondary N) is 1. The first kappa shape index (κ1) is 21.7. The van der Waals surface area contributed by atoms with Crippen LogP contribution >= 0.6 is 0 Å². The summed E-state index contributed by atoms with van der Waals surface area (Å²) in [6.07, 6.45) is -3.66. The number of rotatable bonds is 6. The predicted octanol–water partition coefficient (Wildman–Crippen LogP) is 5.25. The number of alkyl halides is 5. The molecule has 0 saturated carbocycles. The van der Waals surface area contributed by atoms with Crippen molar-refractivity contribution >= 4 is 17.3 Å². The van der Waals surface area contributed by atoms with Crippen LogP contribution in [0.3, 0.4) is 0 Å². The van der Waals surface area contributed by atoms with Gasteiger partial charge in [-0.1, -0.05) is 6.07 Å². The Morgan fingerprint density at radius 3 is 2.52 bits per heavy atom. The number of benzene rings is 2. The van der Waals surface area contributed by atoms with E-state index in [0.717, 1.165) is 42.6 Å². The van der Waals surface area contributed by atoms with Gasteiger partial charge in [0, 0.05) is 18.3 Å². The maximum absolute atomic E-state index is 12.9. The molecule has 2 aromatic carbocycles. The number of aromatic nitrogens is 2. The topological polar surface area (TPSA) is 99.3 Å². The predicted molar refractivity (Wildman–Crippen MR) is 96.0 cm³/mol. The van der Waals surface area contributed by atoms with Gasteiger partial charge in [0.15, 0.2) is 0 Å². The van der Waals surface area contributed by atoms with E-state index in [1.54, 1.807) is 0 Å². The van der Waals surface area contributed by atoms with Gasteiger partial charge < -0.3 is 10.1 Å². The van der Waals surface area contributed by atoms with Gasteiger partial charge in [-0.3, -0.25) is 14.9 Å². The van der Waals surface area contributed by atoms with Gasteiger partial charge in [-0.05, 0) is 24.3 Å². The van der Waals surface area contributed by atoms with Crippen LogP contribution in [0.4, 0.5) is 33.3 Å². The second-order valence-corrected chi connectivity index (χ2v) is 5.99. The Balaban J connectivity index is 1.90. The minimum absolute atomic E-state index is 0.146. The Bertz CT molecular complexity index is 1130. The van der Waals surface area contributed by atoms with Gasteiger partial charge in [0.2, 0.25) is 0 Å². The molecule has 0 fully saturated rings. The van der Waals surface area contributed by atoms with Crippen molar-refractivity contribution in [2.75, 3.05) is 5.32 Å². The molecule has 1 N–H and O–H groups in total. The highest BCUT2D eigenvalue weighted by molar-refractivity contribution is 6.03. The fourth-order valence-electron chi connectivity index (χ4n) is 2.54. The number of hydrogen-bond donors (Lipinski definition) is 1. The quantitative estimate of drug-likeness (QED) is 0.319. The van der Waals surface area contributed by atoms with Crippen LogP contribution < -0.4 is 10.1 Å². The molecule has 0 aliphatic carbocycles. The smallest absolute Gasteiger partial charge is 0.416 e. The highest BCUT2D eigenvalue weighted by Crippen LogP contribution is 2.34. The zero-order valence-electron chi connectivity index (χ0n) is 15.1. The lowest BCUT2D eigenvalue weighted by molar-refractivity contribution is -0.384. The number of nitrogens with zero attached hydrogens (tertiary/aromatic N) is 3. The van der Waals surface area contributed by atoms with Crippen molar-refractivity contribution in [2.45, 2.75) is 12.7 Å². The van der Waals surface area contributed by atoms with Crippen molar-refractivity contribution in [3.63, 3.8) is 0 Å². The Kier molecular flexibility index (Phi) is 5.86. The van der Waals surface area contributed by atoms with Crippen molar-refractivity contribution in [1.29, 1.82) is 0 Å². The van der Waals surface area contributed by atoms with Gasteiger partial charge in [0.05, 0.1) is 22.2 Å². The Morgan fingerprint density at radius 2 is 1.87 bits per heavy atom. The van der Waals surface area contributed by atoms with Gasteiger partial charge in [-0.25, -0.2) is 0 Å². The summed E-state index contributed by atoms with van der Waals surface area (Å²) < 4.78 is 69.8. The standard InChI is InChI=1S/C18H11F5N4O4/c19-17(20)26-15(4-5-24-26)16(28)25-11-7-12(27(29)30)9-14(8-11)31-13-3-1-2-10(6-13)18(21,22)23/h1-9,17H,(H,25,28). The van der Waals surface area contributed by atoms with E-state index in [2.05, 4.69) is 10.4 Å².